The molecule has 8 heteroatoms. The molecule has 150 valence electrons. The van der Waals surface area contributed by atoms with Crippen molar-refractivity contribution in [2.75, 3.05) is 11.3 Å². The molecular weight excluding hydrogens is 412 g/mol. The van der Waals surface area contributed by atoms with Crippen LogP contribution in [0.15, 0.2) is 83.8 Å². The molecular formula is C21H19ClN2O4S. The number of amides is 1. The molecule has 1 atom stereocenters. The molecule has 0 aliphatic rings. The second-order valence-corrected chi connectivity index (χ2v) is 8.36. The van der Waals surface area contributed by atoms with Crippen LogP contribution in [0.3, 0.4) is 0 Å². The number of aliphatic hydroxyl groups excluding tert-OH is 1. The normalized spacial score (nSPS) is 12.2. The van der Waals surface area contributed by atoms with Gasteiger partial charge in [0, 0.05) is 11.6 Å². The summed E-state index contributed by atoms with van der Waals surface area (Å²) < 4.78 is 27.7. The molecule has 3 aromatic rings. The number of hydrogen-bond acceptors (Lipinski definition) is 4. The summed E-state index contributed by atoms with van der Waals surface area (Å²) in [6.45, 7) is -0.0128. The number of carbonyl (C=O) groups excluding carboxylic acids is 1. The Bertz CT molecular complexity index is 1090. The molecule has 3 N–H and O–H groups in total. The maximum atomic E-state index is 12.6. The molecule has 0 heterocycles. The van der Waals surface area contributed by atoms with Gasteiger partial charge in [0.1, 0.15) is 0 Å². The minimum atomic E-state index is -3.90. The molecule has 0 fully saturated rings. The van der Waals surface area contributed by atoms with Crippen LogP contribution in [0, 0.1) is 0 Å². The van der Waals surface area contributed by atoms with E-state index in [-0.39, 0.29) is 22.7 Å². The lowest BCUT2D eigenvalue weighted by Crippen LogP contribution is -2.29. The molecule has 0 saturated carbocycles. The lowest BCUT2D eigenvalue weighted by Gasteiger charge is -2.15. The van der Waals surface area contributed by atoms with Crippen LogP contribution >= 0.6 is 11.6 Å². The van der Waals surface area contributed by atoms with Crippen molar-refractivity contribution in [3.63, 3.8) is 0 Å². The average molecular weight is 431 g/mol. The SMILES string of the molecule is O=C(NCC(O)c1ccccc1)c1ccccc1NS(=O)(=O)c1ccc(Cl)cc1. The zero-order valence-electron chi connectivity index (χ0n) is 15.2. The van der Waals surface area contributed by atoms with E-state index < -0.39 is 22.0 Å². The zero-order valence-corrected chi connectivity index (χ0v) is 16.8. The molecule has 0 aromatic heterocycles. The lowest BCUT2D eigenvalue weighted by atomic mass is 10.1. The lowest BCUT2D eigenvalue weighted by molar-refractivity contribution is 0.0917. The summed E-state index contributed by atoms with van der Waals surface area (Å²) in [7, 11) is -3.90. The van der Waals surface area contributed by atoms with Crippen LogP contribution in [0.5, 0.6) is 0 Å². The number of benzene rings is 3. The number of rotatable bonds is 7. The predicted octanol–water partition coefficient (Wildman–Crippen LogP) is 3.60. The Hall–Kier alpha value is -2.87. The van der Waals surface area contributed by atoms with Gasteiger partial charge in [0.05, 0.1) is 22.3 Å². The molecule has 1 amide bonds. The minimum absolute atomic E-state index is 0.0128. The molecule has 0 saturated heterocycles. The van der Waals surface area contributed by atoms with Crippen molar-refractivity contribution in [2.24, 2.45) is 0 Å². The first-order valence-electron chi connectivity index (χ1n) is 8.75. The summed E-state index contributed by atoms with van der Waals surface area (Å²) in [5.41, 5.74) is 0.948. The van der Waals surface area contributed by atoms with Crippen LogP contribution in [-0.2, 0) is 10.0 Å². The fraction of sp³-hybridized carbons (Fsp3) is 0.0952. The molecule has 3 rings (SSSR count). The van der Waals surface area contributed by atoms with E-state index >= 15 is 0 Å². The number of sulfonamides is 1. The predicted molar refractivity (Wildman–Crippen MR) is 112 cm³/mol. The van der Waals surface area contributed by atoms with Gasteiger partial charge in [-0.05, 0) is 42.0 Å². The maximum absolute atomic E-state index is 12.6. The van der Waals surface area contributed by atoms with Crippen LogP contribution in [0.1, 0.15) is 22.0 Å². The van der Waals surface area contributed by atoms with Crippen LogP contribution in [-0.4, -0.2) is 26.0 Å². The molecule has 0 bridgehead atoms. The topological polar surface area (TPSA) is 95.5 Å². The Labute approximate surface area is 174 Å². The van der Waals surface area contributed by atoms with Crippen molar-refractivity contribution in [1.82, 2.24) is 5.32 Å². The Morgan fingerprint density at radius 2 is 1.55 bits per heavy atom. The van der Waals surface area contributed by atoms with Gasteiger partial charge in [-0.25, -0.2) is 8.42 Å². The average Bonchev–Trinajstić information content (AvgIpc) is 2.73. The quantitative estimate of drug-likeness (QED) is 0.533. The highest BCUT2D eigenvalue weighted by Crippen LogP contribution is 2.21. The van der Waals surface area contributed by atoms with E-state index in [1.807, 2.05) is 6.07 Å². The van der Waals surface area contributed by atoms with Gasteiger partial charge in [-0.2, -0.15) is 0 Å². The van der Waals surface area contributed by atoms with Crippen LogP contribution < -0.4 is 10.0 Å². The number of hydrogen-bond donors (Lipinski definition) is 3. The Kier molecular flexibility index (Phi) is 6.53. The van der Waals surface area contributed by atoms with Crippen molar-refractivity contribution >= 4 is 33.2 Å². The molecule has 0 aliphatic carbocycles. The number of carbonyl (C=O) groups is 1. The second kappa shape index (κ2) is 9.09. The second-order valence-electron chi connectivity index (χ2n) is 6.24. The molecule has 3 aromatic carbocycles. The highest BCUT2D eigenvalue weighted by molar-refractivity contribution is 7.92. The monoisotopic (exact) mass is 430 g/mol. The minimum Gasteiger partial charge on any atom is -0.387 e. The largest absolute Gasteiger partial charge is 0.387 e. The number of para-hydroxylation sites is 1. The third-order valence-corrected chi connectivity index (χ3v) is 5.81. The van der Waals surface area contributed by atoms with Crippen LogP contribution in [0.25, 0.3) is 0 Å². The summed E-state index contributed by atoms with van der Waals surface area (Å²) in [6.07, 6.45) is -0.877. The van der Waals surface area contributed by atoms with Crippen molar-refractivity contribution in [3.05, 3.63) is 95.0 Å². The van der Waals surface area contributed by atoms with E-state index in [4.69, 9.17) is 11.6 Å². The van der Waals surface area contributed by atoms with E-state index in [1.165, 1.54) is 36.4 Å². The van der Waals surface area contributed by atoms with E-state index in [0.717, 1.165) is 0 Å². The molecule has 0 aliphatic heterocycles. The van der Waals surface area contributed by atoms with Crippen molar-refractivity contribution in [2.45, 2.75) is 11.0 Å². The maximum Gasteiger partial charge on any atom is 0.261 e. The number of aliphatic hydroxyl groups is 1. The summed E-state index contributed by atoms with van der Waals surface area (Å²) in [4.78, 5) is 12.6. The summed E-state index contributed by atoms with van der Waals surface area (Å²) in [5.74, 6) is -0.505. The third kappa shape index (κ3) is 5.35. The molecule has 29 heavy (non-hydrogen) atoms. The van der Waals surface area contributed by atoms with Crippen molar-refractivity contribution in [1.29, 1.82) is 0 Å². The molecule has 6 nitrogen and oxygen atoms in total. The highest BCUT2D eigenvalue weighted by atomic mass is 35.5. The standard InChI is InChI=1S/C21H19ClN2O4S/c22-16-10-12-17(13-11-16)29(27,28)24-19-9-5-4-8-18(19)21(26)23-14-20(25)15-6-2-1-3-7-15/h1-13,20,24-25H,14H2,(H,23,26). The Morgan fingerprint density at radius 3 is 2.24 bits per heavy atom. The Balaban J connectivity index is 1.74. The molecule has 0 radical (unpaired) electrons. The first kappa shape index (κ1) is 20.9. The van der Waals surface area contributed by atoms with Crippen LogP contribution in [0.2, 0.25) is 5.02 Å². The first-order valence-corrected chi connectivity index (χ1v) is 10.6. The number of halogens is 1. The fourth-order valence-corrected chi connectivity index (χ4v) is 3.87. The van der Waals surface area contributed by atoms with Gasteiger partial charge < -0.3 is 10.4 Å². The summed E-state index contributed by atoms with van der Waals surface area (Å²) in [6, 6.07) is 20.9. The van der Waals surface area contributed by atoms with E-state index in [1.54, 1.807) is 36.4 Å². The molecule has 1 unspecified atom stereocenters. The van der Waals surface area contributed by atoms with Crippen LogP contribution in [0.4, 0.5) is 5.69 Å². The molecule has 0 spiro atoms. The van der Waals surface area contributed by atoms with E-state index in [0.29, 0.717) is 10.6 Å². The van der Waals surface area contributed by atoms with Gasteiger partial charge in [-0.1, -0.05) is 54.1 Å². The van der Waals surface area contributed by atoms with Gasteiger partial charge in [0.15, 0.2) is 0 Å². The van der Waals surface area contributed by atoms with Gasteiger partial charge in [0.2, 0.25) is 0 Å². The third-order valence-electron chi connectivity index (χ3n) is 4.18. The highest BCUT2D eigenvalue weighted by Gasteiger charge is 2.19. The number of anilines is 1. The summed E-state index contributed by atoms with van der Waals surface area (Å²) in [5, 5.41) is 13.3. The van der Waals surface area contributed by atoms with E-state index in [2.05, 4.69) is 10.0 Å². The van der Waals surface area contributed by atoms with E-state index in [9.17, 15) is 18.3 Å². The van der Waals surface area contributed by atoms with Crippen molar-refractivity contribution < 1.29 is 18.3 Å². The Morgan fingerprint density at radius 1 is 0.931 bits per heavy atom. The van der Waals surface area contributed by atoms with Gasteiger partial charge >= 0.3 is 0 Å². The van der Waals surface area contributed by atoms with Crippen molar-refractivity contribution in [3.8, 4) is 0 Å². The number of nitrogens with one attached hydrogen (secondary N) is 2. The van der Waals surface area contributed by atoms with Gasteiger partial charge in [-0.15, -0.1) is 0 Å². The summed E-state index contributed by atoms with van der Waals surface area (Å²) >= 11 is 5.80. The van der Waals surface area contributed by atoms with Gasteiger partial charge in [-0.3, -0.25) is 9.52 Å². The van der Waals surface area contributed by atoms with Gasteiger partial charge in [0.25, 0.3) is 15.9 Å². The fourth-order valence-electron chi connectivity index (χ4n) is 2.67. The smallest absolute Gasteiger partial charge is 0.261 e. The first-order chi connectivity index (χ1) is 13.9. The zero-order chi connectivity index (χ0) is 20.9.